The molecule has 10 heteroatoms. The Balaban J connectivity index is 1.29. The summed E-state index contributed by atoms with van der Waals surface area (Å²) < 4.78 is 0. The largest absolute Gasteiger partial charge is 0.478 e. The summed E-state index contributed by atoms with van der Waals surface area (Å²) in [5.41, 5.74) is 2.41. The maximum atomic E-state index is 12.7. The molecule has 0 unspecified atom stereocenters. The lowest BCUT2D eigenvalue weighted by molar-refractivity contribution is 0.0684. The van der Waals surface area contributed by atoms with Crippen LogP contribution in [0.15, 0.2) is 71.4 Å². The molecule has 194 valence electrons. The van der Waals surface area contributed by atoms with Crippen LogP contribution in [0.3, 0.4) is 0 Å². The SMILES string of the molecule is O=C(NCCCCNC(=O)c1scc(-c2ccccc2)c1C(=O)O)c1scc(-c2ccccc2)c1C(=O)O. The van der Waals surface area contributed by atoms with Gasteiger partial charge in [0.25, 0.3) is 11.8 Å². The highest BCUT2D eigenvalue weighted by molar-refractivity contribution is 7.13. The molecule has 0 saturated heterocycles. The van der Waals surface area contributed by atoms with Gasteiger partial charge in [-0.25, -0.2) is 9.59 Å². The number of carbonyl (C=O) groups excluding carboxylic acids is 2. The number of benzene rings is 2. The van der Waals surface area contributed by atoms with Gasteiger partial charge in [-0.05, 0) is 24.0 Å². The van der Waals surface area contributed by atoms with E-state index in [1.807, 2.05) is 12.1 Å². The summed E-state index contributed by atoms with van der Waals surface area (Å²) in [6.07, 6.45) is 1.08. The molecule has 0 aliphatic heterocycles. The standard InChI is InChI=1S/C28H24N2O6S2/c31-25(23-21(27(33)34)19(15-37-23)17-9-3-1-4-10-17)29-13-7-8-14-30-26(32)24-22(28(35)36)20(16-38-24)18-11-5-2-6-12-18/h1-6,9-12,15-16H,7-8,13-14H2,(H,29,31)(H,30,32)(H,33,34)(H,35,36). The van der Waals surface area contributed by atoms with Gasteiger partial charge in [-0.15, -0.1) is 22.7 Å². The Bertz CT molecular complexity index is 1350. The van der Waals surface area contributed by atoms with Crippen LogP contribution in [-0.2, 0) is 0 Å². The number of hydrogen-bond acceptors (Lipinski definition) is 6. The van der Waals surface area contributed by atoms with Crippen LogP contribution in [-0.4, -0.2) is 47.1 Å². The second-order valence-corrected chi connectivity index (χ2v) is 10.0. The van der Waals surface area contributed by atoms with Crippen molar-refractivity contribution in [2.24, 2.45) is 0 Å². The van der Waals surface area contributed by atoms with Gasteiger partial charge in [0.1, 0.15) is 9.75 Å². The summed E-state index contributed by atoms with van der Waals surface area (Å²) in [7, 11) is 0. The third-order valence-electron chi connectivity index (χ3n) is 5.77. The van der Waals surface area contributed by atoms with Crippen molar-refractivity contribution in [2.75, 3.05) is 13.1 Å². The summed E-state index contributed by atoms with van der Waals surface area (Å²) in [5, 5.41) is 28.2. The number of carboxylic acid groups (broad SMARTS) is 2. The lowest BCUT2D eigenvalue weighted by Gasteiger charge is -2.08. The van der Waals surface area contributed by atoms with E-state index in [0.29, 0.717) is 37.1 Å². The Kier molecular flexibility index (Phi) is 8.67. The normalized spacial score (nSPS) is 10.6. The molecule has 4 N–H and O–H groups in total. The minimum absolute atomic E-state index is 0.0222. The topological polar surface area (TPSA) is 133 Å². The van der Waals surface area contributed by atoms with E-state index in [2.05, 4.69) is 10.6 Å². The van der Waals surface area contributed by atoms with Crippen LogP contribution in [0.4, 0.5) is 0 Å². The number of rotatable bonds is 11. The van der Waals surface area contributed by atoms with E-state index in [-0.39, 0.29) is 20.9 Å². The number of unbranched alkanes of at least 4 members (excludes halogenated alkanes) is 1. The lowest BCUT2D eigenvalue weighted by atomic mass is 10.0. The Hall–Kier alpha value is -4.28. The van der Waals surface area contributed by atoms with Crippen molar-refractivity contribution in [2.45, 2.75) is 12.8 Å². The third-order valence-corrected chi connectivity index (χ3v) is 7.72. The maximum absolute atomic E-state index is 12.7. The lowest BCUT2D eigenvalue weighted by Crippen LogP contribution is -2.28. The molecule has 0 saturated carbocycles. The molecule has 38 heavy (non-hydrogen) atoms. The number of carboxylic acids is 2. The highest BCUT2D eigenvalue weighted by atomic mass is 32.1. The van der Waals surface area contributed by atoms with Gasteiger partial charge < -0.3 is 20.8 Å². The third kappa shape index (κ3) is 5.99. The van der Waals surface area contributed by atoms with Gasteiger partial charge in [0, 0.05) is 35.0 Å². The predicted molar refractivity (Wildman–Crippen MR) is 147 cm³/mol. The molecule has 0 radical (unpaired) electrons. The first-order valence-electron chi connectivity index (χ1n) is 11.7. The van der Waals surface area contributed by atoms with Crippen molar-refractivity contribution < 1.29 is 29.4 Å². The molecule has 2 aromatic heterocycles. The summed E-state index contributed by atoms with van der Waals surface area (Å²) in [6.45, 7) is 0.591. The molecule has 2 aromatic carbocycles. The van der Waals surface area contributed by atoms with E-state index in [1.165, 1.54) is 0 Å². The van der Waals surface area contributed by atoms with Crippen molar-refractivity contribution >= 4 is 46.4 Å². The van der Waals surface area contributed by atoms with Crippen LogP contribution in [0.2, 0.25) is 0 Å². The highest BCUT2D eigenvalue weighted by Crippen LogP contribution is 2.33. The van der Waals surface area contributed by atoms with Crippen molar-refractivity contribution in [3.05, 3.63) is 92.3 Å². The van der Waals surface area contributed by atoms with Crippen molar-refractivity contribution in [3.8, 4) is 22.3 Å². The summed E-state index contributed by atoms with van der Waals surface area (Å²) in [4.78, 5) is 49.4. The minimum atomic E-state index is -1.16. The van der Waals surface area contributed by atoms with Gasteiger partial charge >= 0.3 is 11.9 Å². The molecule has 0 bridgehead atoms. The second kappa shape index (κ2) is 12.3. The van der Waals surface area contributed by atoms with Crippen LogP contribution < -0.4 is 10.6 Å². The molecule has 0 atom stereocenters. The van der Waals surface area contributed by atoms with Gasteiger partial charge in [0.15, 0.2) is 0 Å². The van der Waals surface area contributed by atoms with Crippen LogP contribution in [0, 0.1) is 0 Å². The van der Waals surface area contributed by atoms with Crippen molar-refractivity contribution in [3.63, 3.8) is 0 Å². The second-order valence-electron chi connectivity index (χ2n) is 8.27. The number of nitrogens with one attached hydrogen (secondary N) is 2. The van der Waals surface area contributed by atoms with E-state index in [1.54, 1.807) is 59.3 Å². The molecule has 0 aliphatic rings. The van der Waals surface area contributed by atoms with Gasteiger partial charge in [0.2, 0.25) is 0 Å². The molecule has 0 spiro atoms. The van der Waals surface area contributed by atoms with Gasteiger partial charge in [-0.2, -0.15) is 0 Å². The molecule has 0 aliphatic carbocycles. The van der Waals surface area contributed by atoms with Crippen molar-refractivity contribution in [1.29, 1.82) is 0 Å². The van der Waals surface area contributed by atoms with Crippen LogP contribution >= 0.6 is 22.7 Å². The monoisotopic (exact) mass is 548 g/mol. The maximum Gasteiger partial charge on any atom is 0.338 e. The van der Waals surface area contributed by atoms with E-state index in [0.717, 1.165) is 33.8 Å². The Morgan fingerprint density at radius 2 is 0.974 bits per heavy atom. The number of amides is 2. The molecule has 2 heterocycles. The smallest absolute Gasteiger partial charge is 0.338 e. The average Bonchev–Trinajstić information content (AvgIpc) is 3.57. The first-order chi connectivity index (χ1) is 18.4. The van der Waals surface area contributed by atoms with Crippen LogP contribution in [0.25, 0.3) is 22.3 Å². The van der Waals surface area contributed by atoms with E-state index >= 15 is 0 Å². The quantitative estimate of drug-likeness (QED) is 0.184. The van der Waals surface area contributed by atoms with Crippen LogP contribution in [0.1, 0.15) is 52.9 Å². The van der Waals surface area contributed by atoms with Gasteiger partial charge in [0.05, 0.1) is 11.1 Å². The molecular weight excluding hydrogens is 524 g/mol. The molecule has 4 rings (SSSR count). The van der Waals surface area contributed by atoms with Gasteiger partial charge in [-0.3, -0.25) is 9.59 Å². The number of thiophene rings is 2. The Labute approximate surface area is 226 Å². The molecule has 0 fully saturated rings. The first kappa shape index (κ1) is 26.8. The first-order valence-corrected chi connectivity index (χ1v) is 13.5. The predicted octanol–water partition coefficient (Wildman–Crippen LogP) is 5.48. The molecule has 8 nitrogen and oxygen atoms in total. The average molecular weight is 549 g/mol. The van der Waals surface area contributed by atoms with E-state index < -0.39 is 23.8 Å². The fraction of sp³-hybridized carbons (Fsp3) is 0.143. The number of carbonyl (C=O) groups is 4. The Morgan fingerprint density at radius 1 is 0.605 bits per heavy atom. The fourth-order valence-corrected chi connectivity index (χ4v) is 5.92. The molecular formula is C28H24N2O6S2. The Morgan fingerprint density at radius 3 is 1.32 bits per heavy atom. The van der Waals surface area contributed by atoms with Crippen LogP contribution in [0.5, 0.6) is 0 Å². The minimum Gasteiger partial charge on any atom is -0.478 e. The summed E-state index contributed by atoms with van der Waals surface area (Å²) >= 11 is 2.17. The zero-order chi connectivity index (χ0) is 27.1. The number of aromatic carboxylic acids is 2. The number of hydrogen-bond donors (Lipinski definition) is 4. The van der Waals surface area contributed by atoms with Crippen molar-refractivity contribution in [1.82, 2.24) is 10.6 Å². The molecule has 2 amide bonds. The zero-order valence-electron chi connectivity index (χ0n) is 20.1. The van der Waals surface area contributed by atoms with Gasteiger partial charge in [-0.1, -0.05) is 60.7 Å². The van der Waals surface area contributed by atoms with E-state index in [9.17, 15) is 29.4 Å². The molecule has 4 aromatic rings. The fourth-order valence-electron chi connectivity index (χ4n) is 3.95. The van der Waals surface area contributed by atoms with E-state index in [4.69, 9.17) is 0 Å². The summed E-state index contributed by atoms with van der Waals surface area (Å²) in [6, 6.07) is 18.1. The summed E-state index contributed by atoms with van der Waals surface area (Å²) in [5.74, 6) is -3.25. The highest BCUT2D eigenvalue weighted by Gasteiger charge is 2.25. The zero-order valence-corrected chi connectivity index (χ0v) is 21.7.